The van der Waals surface area contributed by atoms with Crippen LogP contribution in [0, 0.1) is 5.92 Å². The van der Waals surface area contributed by atoms with Gasteiger partial charge in [0.05, 0.1) is 12.1 Å². The molecular weight excluding hydrogens is 244 g/mol. The van der Waals surface area contributed by atoms with E-state index in [1.807, 2.05) is 0 Å². The zero-order valence-corrected chi connectivity index (χ0v) is 11.3. The highest BCUT2D eigenvalue weighted by molar-refractivity contribution is 5.91. The quantitative estimate of drug-likeness (QED) is 0.768. The number of hydrogen-bond acceptors (Lipinski definition) is 4. The molecule has 106 valence electrons. The Morgan fingerprint density at radius 3 is 3.05 bits per heavy atom. The molecule has 0 aliphatic heterocycles. The van der Waals surface area contributed by atoms with Gasteiger partial charge in [0.1, 0.15) is 5.76 Å². The van der Waals surface area contributed by atoms with Gasteiger partial charge in [0.25, 0.3) is 5.91 Å². The second-order valence-corrected chi connectivity index (χ2v) is 5.58. The minimum atomic E-state index is -0.781. The first-order valence-electron chi connectivity index (χ1n) is 6.82. The van der Waals surface area contributed by atoms with Crippen molar-refractivity contribution in [3.63, 3.8) is 0 Å². The maximum atomic E-state index is 11.9. The summed E-state index contributed by atoms with van der Waals surface area (Å²) in [6.07, 6.45) is 3.63. The van der Waals surface area contributed by atoms with Crippen molar-refractivity contribution >= 4 is 5.91 Å². The Labute approximate surface area is 113 Å². The van der Waals surface area contributed by atoms with Gasteiger partial charge in [0, 0.05) is 6.54 Å². The third-order valence-electron chi connectivity index (χ3n) is 3.73. The molecule has 1 fully saturated rings. The molecule has 5 nitrogen and oxygen atoms in total. The highest BCUT2D eigenvalue weighted by Crippen LogP contribution is 2.31. The summed E-state index contributed by atoms with van der Waals surface area (Å²) in [6.45, 7) is 2.68. The van der Waals surface area contributed by atoms with Crippen LogP contribution in [0.4, 0.5) is 0 Å². The SMILES string of the molecule is CC1CCCC(O)(CNC(=O)c2ccc(CN)o2)C1. The Balaban J connectivity index is 1.89. The minimum absolute atomic E-state index is 0.243. The molecule has 1 aliphatic rings. The number of aliphatic hydroxyl groups is 1. The zero-order chi connectivity index (χ0) is 13.9. The summed E-state index contributed by atoms with van der Waals surface area (Å²) in [6, 6.07) is 3.29. The molecule has 1 amide bonds. The van der Waals surface area contributed by atoms with Gasteiger partial charge < -0.3 is 20.6 Å². The number of rotatable bonds is 4. The van der Waals surface area contributed by atoms with Crippen molar-refractivity contribution in [3.8, 4) is 0 Å². The van der Waals surface area contributed by atoms with Gasteiger partial charge in [-0.3, -0.25) is 4.79 Å². The molecule has 2 rings (SSSR count). The number of carbonyl (C=O) groups is 1. The Hall–Kier alpha value is -1.33. The largest absolute Gasteiger partial charge is 0.455 e. The van der Waals surface area contributed by atoms with E-state index in [-0.39, 0.29) is 24.8 Å². The van der Waals surface area contributed by atoms with Crippen LogP contribution < -0.4 is 11.1 Å². The first-order valence-corrected chi connectivity index (χ1v) is 6.82. The van der Waals surface area contributed by atoms with Crippen molar-refractivity contribution < 1.29 is 14.3 Å². The first-order chi connectivity index (χ1) is 9.02. The van der Waals surface area contributed by atoms with E-state index in [4.69, 9.17) is 10.2 Å². The summed E-state index contributed by atoms with van der Waals surface area (Å²) in [5, 5.41) is 13.2. The first kappa shape index (κ1) is 14.1. The van der Waals surface area contributed by atoms with Crippen molar-refractivity contribution in [2.75, 3.05) is 6.54 Å². The molecule has 0 aromatic carbocycles. The lowest BCUT2D eigenvalue weighted by Crippen LogP contribution is -2.45. The predicted molar refractivity (Wildman–Crippen MR) is 71.5 cm³/mol. The van der Waals surface area contributed by atoms with Gasteiger partial charge in [-0.15, -0.1) is 0 Å². The number of furan rings is 1. The molecule has 2 atom stereocenters. The van der Waals surface area contributed by atoms with E-state index in [9.17, 15) is 9.90 Å². The topological polar surface area (TPSA) is 88.5 Å². The fourth-order valence-electron chi connectivity index (χ4n) is 2.73. The Morgan fingerprint density at radius 2 is 2.42 bits per heavy atom. The van der Waals surface area contributed by atoms with E-state index >= 15 is 0 Å². The standard InChI is InChI=1S/C14H22N2O3/c1-10-3-2-6-14(18,7-10)9-16-13(17)12-5-4-11(8-15)19-12/h4-5,10,18H,2-3,6-9,15H2,1H3,(H,16,17). The second-order valence-electron chi connectivity index (χ2n) is 5.58. The van der Waals surface area contributed by atoms with E-state index < -0.39 is 5.60 Å². The lowest BCUT2D eigenvalue weighted by atomic mass is 9.79. The Morgan fingerprint density at radius 1 is 1.63 bits per heavy atom. The van der Waals surface area contributed by atoms with Gasteiger partial charge in [0.2, 0.25) is 0 Å². The monoisotopic (exact) mass is 266 g/mol. The summed E-state index contributed by atoms with van der Waals surface area (Å²) in [5.74, 6) is 1.03. The number of nitrogens with two attached hydrogens (primary N) is 1. The third-order valence-corrected chi connectivity index (χ3v) is 3.73. The molecule has 0 spiro atoms. The van der Waals surface area contributed by atoms with Crippen LogP contribution >= 0.6 is 0 Å². The lowest BCUT2D eigenvalue weighted by Gasteiger charge is -2.35. The number of carbonyl (C=O) groups excluding carboxylic acids is 1. The summed E-state index contributed by atoms with van der Waals surface area (Å²) in [5.41, 5.74) is 4.64. The van der Waals surface area contributed by atoms with E-state index in [2.05, 4.69) is 12.2 Å². The van der Waals surface area contributed by atoms with Crippen LogP contribution in [0.3, 0.4) is 0 Å². The van der Waals surface area contributed by atoms with E-state index in [1.54, 1.807) is 12.1 Å². The van der Waals surface area contributed by atoms with Gasteiger partial charge in [-0.25, -0.2) is 0 Å². The molecule has 5 heteroatoms. The molecule has 1 saturated carbocycles. The molecule has 1 heterocycles. The van der Waals surface area contributed by atoms with Crippen LogP contribution in [-0.4, -0.2) is 23.2 Å². The number of amides is 1. The van der Waals surface area contributed by atoms with Crippen LogP contribution in [0.15, 0.2) is 16.5 Å². The molecular formula is C14H22N2O3. The van der Waals surface area contributed by atoms with Crippen LogP contribution in [-0.2, 0) is 6.54 Å². The highest BCUT2D eigenvalue weighted by Gasteiger charge is 2.33. The molecule has 19 heavy (non-hydrogen) atoms. The van der Waals surface area contributed by atoms with Crippen LogP contribution in [0.1, 0.15) is 48.9 Å². The Kier molecular flexibility index (Phi) is 4.27. The van der Waals surface area contributed by atoms with Crippen molar-refractivity contribution in [2.24, 2.45) is 11.7 Å². The highest BCUT2D eigenvalue weighted by atomic mass is 16.4. The lowest BCUT2D eigenvalue weighted by molar-refractivity contribution is -0.0111. The van der Waals surface area contributed by atoms with Crippen molar-refractivity contribution in [1.29, 1.82) is 0 Å². The zero-order valence-electron chi connectivity index (χ0n) is 11.3. The third kappa shape index (κ3) is 3.58. The van der Waals surface area contributed by atoms with Crippen molar-refractivity contribution in [2.45, 2.75) is 44.8 Å². The minimum Gasteiger partial charge on any atom is -0.455 e. The summed E-state index contributed by atoms with van der Waals surface area (Å²) in [7, 11) is 0. The molecule has 4 N–H and O–H groups in total. The maximum Gasteiger partial charge on any atom is 0.287 e. The molecule has 2 unspecified atom stereocenters. The molecule has 0 bridgehead atoms. The molecule has 0 saturated heterocycles. The molecule has 1 aliphatic carbocycles. The summed E-state index contributed by atoms with van der Waals surface area (Å²) in [4.78, 5) is 11.9. The van der Waals surface area contributed by atoms with Crippen LogP contribution in [0.2, 0.25) is 0 Å². The van der Waals surface area contributed by atoms with Crippen molar-refractivity contribution in [3.05, 3.63) is 23.7 Å². The van der Waals surface area contributed by atoms with Crippen LogP contribution in [0.25, 0.3) is 0 Å². The number of hydrogen-bond donors (Lipinski definition) is 3. The summed E-state index contributed by atoms with van der Waals surface area (Å²) < 4.78 is 5.27. The smallest absolute Gasteiger partial charge is 0.287 e. The predicted octanol–water partition coefficient (Wildman–Crippen LogP) is 1.41. The van der Waals surface area contributed by atoms with Gasteiger partial charge in [-0.2, -0.15) is 0 Å². The van der Waals surface area contributed by atoms with Gasteiger partial charge in [-0.1, -0.05) is 19.8 Å². The molecule has 1 aromatic heterocycles. The van der Waals surface area contributed by atoms with Crippen LogP contribution in [0.5, 0.6) is 0 Å². The maximum absolute atomic E-state index is 11.9. The average Bonchev–Trinajstić information content (AvgIpc) is 2.84. The summed E-state index contributed by atoms with van der Waals surface area (Å²) >= 11 is 0. The fourth-order valence-corrected chi connectivity index (χ4v) is 2.73. The van der Waals surface area contributed by atoms with Gasteiger partial charge in [-0.05, 0) is 30.9 Å². The van der Waals surface area contributed by atoms with E-state index in [0.29, 0.717) is 11.7 Å². The molecule has 1 aromatic rings. The average molecular weight is 266 g/mol. The van der Waals surface area contributed by atoms with Gasteiger partial charge >= 0.3 is 0 Å². The van der Waals surface area contributed by atoms with E-state index in [0.717, 1.165) is 25.7 Å². The number of nitrogens with one attached hydrogen (secondary N) is 1. The van der Waals surface area contributed by atoms with Gasteiger partial charge in [0.15, 0.2) is 5.76 Å². The normalized spacial score (nSPS) is 27.2. The Bertz CT molecular complexity index is 444. The fraction of sp³-hybridized carbons (Fsp3) is 0.643. The van der Waals surface area contributed by atoms with Crippen molar-refractivity contribution in [1.82, 2.24) is 5.32 Å². The second kappa shape index (κ2) is 5.75. The molecule has 0 radical (unpaired) electrons. The van der Waals surface area contributed by atoms with E-state index in [1.165, 1.54) is 0 Å².